The number of anilines is 1. The van der Waals surface area contributed by atoms with E-state index >= 15 is 0 Å². The highest BCUT2D eigenvalue weighted by Gasteiger charge is 2.42. The van der Waals surface area contributed by atoms with Gasteiger partial charge in [-0.3, -0.25) is 14.5 Å². The third-order valence-corrected chi connectivity index (χ3v) is 4.78. The molecule has 4 nitrogen and oxygen atoms in total. The van der Waals surface area contributed by atoms with Gasteiger partial charge in [-0.25, -0.2) is 0 Å². The summed E-state index contributed by atoms with van der Waals surface area (Å²) in [5, 5.41) is 3.19. The minimum Gasteiger partial charge on any atom is -0.373 e. The van der Waals surface area contributed by atoms with E-state index in [1.807, 2.05) is 24.3 Å². The SMILES string of the molecule is O=C1CC(Nc2cccc(Br)c2)C(=O)N1C1CCCCC1. The van der Waals surface area contributed by atoms with Crippen molar-refractivity contribution in [2.24, 2.45) is 0 Å². The van der Waals surface area contributed by atoms with Crippen LogP contribution in [0.2, 0.25) is 0 Å². The molecule has 1 atom stereocenters. The van der Waals surface area contributed by atoms with Gasteiger partial charge in [-0.15, -0.1) is 0 Å². The number of hydrogen-bond acceptors (Lipinski definition) is 3. The van der Waals surface area contributed by atoms with Gasteiger partial charge in [0.25, 0.3) is 5.91 Å². The maximum absolute atomic E-state index is 12.5. The van der Waals surface area contributed by atoms with E-state index in [-0.39, 0.29) is 24.3 Å². The van der Waals surface area contributed by atoms with Crippen molar-refractivity contribution in [2.75, 3.05) is 5.32 Å². The van der Waals surface area contributed by atoms with Crippen molar-refractivity contribution in [1.29, 1.82) is 0 Å². The zero-order valence-electron chi connectivity index (χ0n) is 11.8. The summed E-state index contributed by atoms with van der Waals surface area (Å²) in [5.74, 6) is -0.0914. The summed E-state index contributed by atoms with van der Waals surface area (Å²) in [6, 6.07) is 7.36. The number of nitrogens with one attached hydrogen (secondary N) is 1. The molecule has 0 spiro atoms. The van der Waals surface area contributed by atoms with Crippen LogP contribution in [0.5, 0.6) is 0 Å². The number of halogens is 1. The van der Waals surface area contributed by atoms with Crippen molar-refractivity contribution in [3.63, 3.8) is 0 Å². The number of hydrogen-bond donors (Lipinski definition) is 1. The third-order valence-electron chi connectivity index (χ3n) is 4.29. The minimum atomic E-state index is -0.422. The second-order valence-corrected chi connectivity index (χ2v) is 6.72. The van der Waals surface area contributed by atoms with Crippen LogP contribution in [-0.4, -0.2) is 28.8 Å². The molecule has 1 heterocycles. The van der Waals surface area contributed by atoms with Crippen molar-refractivity contribution < 1.29 is 9.59 Å². The second kappa shape index (κ2) is 6.18. The molecule has 1 saturated carbocycles. The maximum Gasteiger partial charge on any atom is 0.252 e. The average molecular weight is 351 g/mol. The third kappa shape index (κ3) is 3.12. The van der Waals surface area contributed by atoms with Gasteiger partial charge in [0.1, 0.15) is 6.04 Å². The number of likely N-dealkylation sites (tertiary alicyclic amines) is 1. The lowest BCUT2D eigenvalue weighted by atomic mass is 9.94. The molecule has 0 aromatic heterocycles. The summed E-state index contributed by atoms with van der Waals surface area (Å²) < 4.78 is 0.952. The number of nitrogens with zero attached hydrogens (tertiary/aromatic N) is 1. The number of benzene rings is 1. The molecule has 5 heteroatoms. The number of rotatable bonds is 3. The van der Waals surface area contributed by atoms with Crippen LogP contribution >= 0.6 is 15.9 Å². The van der Waals surface area contributed by atoms with E-state index < -0.39 is 6.04 Å². The molecule has 1 unspecified atom stereocenters. The van der Waals surface area contributed by atoms with Gasteiger partial charge in [-0.05, 0) is 31.0 Å². The Hall–Kier alpha value is -1.36. The van der Waals surface area contributed by atoms with Crippen molar-refractivity contribution >= 4 is 33.4 Å². The molecule has 2 amide bonds. The first-order chi connectivity index (χ1) is 10.1. The molecule has 1 N–H and O–H groups in total. The van der Waals surface area contributed by atoms with Crippen LogP contribution in [0.1, 0.15) is 38.5 Å². The fourth-order valence-electron chi connectivity index (χ4n) is 3.27. The molecule has 1 aromatic rings. The maximum atomic E-state index is 12.5. The molecular formula is C16H19BrN2O2. The molecule has 112 valence electrons. The van der Waals surface area contributed by atoms with Crippen molar-refractivity contribution in [3.05, 3.63) is 28.7 Å². The molecule has 2 fully saturated rings. The summed E-state index contributed by atoms with van der Waals surface area (Å²) in [6.07, 6.45) is 5.63. The number of carbonyl (C=O) groups excluding carboxylic acids is 2. The molecule has 21 heavy (non-hydrogen) atoms. The van der Waals surface area contributed by atoms with Crippen LogP contribution in [0.25, 0.3) is 0 Å². The summed E-state index contributed by atoms with van der Waals surface area (Å²) >= 11 is 3.41. The van der Waals surface area contributed by atoms with Gasteiger partial charge in [-0.1, -0.05) is 41.3 Å². The lowest BCUT2D eigenvalue weighted by molar-refractivity contribution is -0.141. The summed E-state index contributed by atoms with van der Waals surface area (Å²) in [7, 11) is 0. The van der Waals surface area contributed by atoms with Crippen LogP contribution in [0, 0.1) is 0 Å². The molecule has 0 radical (unpaired) electrons. The van der Waals surface area contributed by atoms with E-state index in [0.29, 0.717) is 0 Å². The molecule has 0 bridgehead atoms. The molecule has 3 rings (SSSR count). The van der Waals surface area contributed by atoms with E-state index in [9.17, 15) is 9.59 Å². The summed E-state index contributed by atoms with van der Waals surface area (Å²) in [4.78, 5) is 26.3. The lowest BCUT2D eigenvalue weighted by Gasteiger charge is -2.29. The fourth-order valence-corrected chi connectivity index (χ4v) is 3.67. The van der Waals surface area contributed by atoms with Gasteiger partial charge in [-0.2, -0.15) is 0 Å². The Kier molecular flexibility index (Phi) is 4.29. The normalized spacial score (nSPS) is 23.7. The smallest absolute Gasteiger partial charge is 0.252 e. The first-order valence-electron chi connectivity index (χ1n) is 7.53. The van der Waals surface area contributed by atoms with Crippen molar-refractivity contribution in [3.8, 4) is 0 Å². The lowest BCUT2D eigenvalue weighted by Crippen LogP contribution is -2.43. The van der Waals surface area contributed by atoms with Gasteiger partial charge >= 0.3 is 0 Å². The monoisotopic (exact) mass is 350 g/mol. The fraction of sp³-hybridized carbons (Fsp3) is 0.500. The topological polar surface area (TPSA) is 49.4 Å². The summed E-state index contributed by atoms with van der Waals surface area (Å²) in [5.41, 5.74) is 0.862. The van der Waals surface area contributed by atoms with Crippen molar-refractivity contribution in [1.82, 2.24) is 4.90 Å². The van der Waals surface area contributed by atoms with E-state index in [1.54, 1.807) is 0 Å². The minimum absolute atomic E-state index is 0.0283. The van der Waals surface area contributed by atoms with Crippen LogP contribution in [0.4, 0.5) is 5.69 Å². The zero-order chi connectivity index (χ0) is 14.8. The Morgan fingerprint density at radius 3 is 2.62 bits per heavy atom. The Balaban J connectivity index is 1.71. The van der Waals surface area contributed by atoms with Gasteiger partial charge < -0.3 is 5.32 Å². The first-order valence-corrected chi connectivity index (χ1v) is 8.32. The Labute approximate surface area is 133 Å². The van der Waals surface area contributed by atoms with Gasteiger partial charge in [0.2, 0.25) is 5.91 Å². The highest BCUT2D eigenvalue weighted by molar-refractivity contribution is 9.10. The highest BCUT2D eigenvalue weighted by Crippen LogP contribution is 2.28. The van der Waals surface area contributed by atoms with E-state index in [0.717, 1.165) is 35.8 Å². The highest BCUT2D eigenvalue weighted by atomic mass is 79.9. The quantitative estimate of drug-likeness (QED) is 0.850. The number of carbonyl (C=O) groups is 2. The van der Waals surface area contributed by atoms with E-state index in [1.165, 1.54) is 11.3 Å². The largest absolute Gasteiger partial charge is 0.373 e. The summed E-state index contributed by atoms with van der Waals surface area (Å²) in [6.45, 7) is 0. The molecule has 1 aliphatic heterocycles. The van der Waals surface area contributed by atoms with Crippen LogP contribution in [-0.2, 0) is 9.59 Å². The molecule has 2 aliphatic rings. The molecular weight excluding hydrogens is 332 g/mol. The Bertz CT molecular complexity index is 555. The van der Waals surface area contributed by atoms with Crippen LogP contribution in [0.15, 0.2) is 28.7 Å². The Morgan fingerprint density at radius 2 is 1.90 bits per heavy atom. The van der Waals surface area contributed by atoms with E-state index in [2.05, 4.69) is 21.2 Å². The predicted octanol–water partition coefficient (Wildman–Crippen LogP) is 3.32. The standard InChI is InChI=1S/C16H19BrN2O2/c17-11-5-4-6-12(9-11)18-14-10-15(20)19(16(14)21)13-7-2-1-3-8-13/h4-6,9,13-14,18H,1-3,7-8,10H2. The second-order valence-electron chi connectivity index (χ2n) is 5.81. The molecule has 1 aromatic carbocycles. The van der Waals surface area contributed by atoms with Crippen LogP contribution in [0.3, 0.4) is 0 Å². The van der Waals surface area contributed by atoms with Gasteiger partial charge in [0, 0.05) is 16.2 Å². The predicted molar refractivity (Wildman–Crippen MR) is 84.9 cm³/mol. The van der Waals surface area contributed by atoms with Gasteiger partial charge in [0.05, 0.1) is 6.42 Å². The molecule has 1 saturated heterocycles. The number of amides is 2. The first kappa shape index (κ1) is 14.6. The number of imide groups is 1. The van der Waals surface area contributed by atoms with Crippen molar-refractivity contribution in [2.45, 2.75) is 50.6 Å². The van der Waals surface area contributed by atoms with Gasteiger partial charge in [0.15, 0.2) is 0 Å². The van der Waals surface area contributed by atoms with Crippen LogP contribution < -0.4 is 5.32 Å². The van der Waals surface area contributed by atoms with E-state index in [4.69, 9.17) is 0 Å². The Morgan fingerprint density at radius 1 is 1.14 bits per heavy atom. The average Bonchev–Trinajstić information content (AvgIpc) is 2.74. The molecule has 1 aliphatic carbocycles. The zero-order valence-corrected chi connectivity index (χ0v) is 13.4.